The fourth-order valence-electron chi connectivity index (χ4n) is 2.87. The summed E-state index contributed by atoms with van der Waals surface area (Å²) < 4.78 is 0. The van der Waals surface area contributed by atoms with Crippen molar-refractivity contribution in [2.45, 2.75) is 18.0 Å². The fraction of sp³-hybridized carbons (Fsp3) is 0.267. The molecule has 102 valence electrons. The van der Waals surface area contributed by atoms with Crippen molar-refractivity contribution in [3.05, 3.63) is 57.3 Å². The summed E-state index contributed by atoms with van der Waals surface area (Å²) in [6.07, 6.45) is -0.439. The molecule has 2 aromatic rings. The predicted molar refractivity (Wildman–Crippen MR) is 80.8 cm³/mol. The molecule has 0 bridgehead atoms. The van der Waals surface area contributed by atoms with Gasteiger partial charge in [-0.25, -0.2) is 0 Å². The summed E-state index contributed by atoms with van der Waals surface area (Å²) in [5, 5.41) is 12.3. The van der Waals surface area contributed by atoms with Crippen molar-refractivity contribution in [3.8, 4) is 0 Å². The topological polar surface area (TPSA) is 40.5 Å². The number of aliphatic hydroxyl groups excluding tert-OH is 1. The number of rotatable bonds is 0. The molecule has 5 heteroatoms. The van der Waals surface area contributed by atoms with Gasteiger partial charge in [-0.05, 0) is 28.6 Å². The van der Waals surface area contributed by atoms with Gasteiger partial charge >= 0.3 is 0 Å². The third-order valence-corrected chi connectivity index (χ3v) is 6.12. The summed E-state index contributed by atoms with van der Waals surface area (Å²) in [5.74, 6) is 0.723. The van der Waals surface area contributed by atoms with Crippen LogP contribution in [0.4, 0.5) is 0 Å². The van der Waals surface area contributed by atoms with Crippen molar-refractivity contribution in [2.75, 3.05) is 5.75 Å². The number of carbonyl (C=O) groups is 1. The van der Waals surface area contributed by atoms with Crippen molar-refractivity contribution in [3.63, 3.8) is 0 Å². The average molecular weight is 303 g/mol. The molecule has 0 radical (unpaired) electrons. The van der Waals surface area contributed by atoms with Gasteiger partial charge in [0.1, 0.15) is 5.37 Å². The molecule has 1 aromatic carbocycles. The van der Waals surface area contributed by atoms with Crippen LogP contribution in [0.2, 0.25) is 0 Å². The molecular formula is C15H13NO2S2. The van der Waals surface area contributed by atoms with Gasteiger partial charge in [-0.1, -0.05) is 18.2 Å². The lowest BCUT2D eigenvalue weighted by atomic mass is 10.1. The highest BCUT2D eigenvalue weighted by atomic mass is 32.2. The van der Waals surface area contributed by atoms with E-state index in [4.69, 9.17) is 0 Å². The average Bonchev–Trinajstić information content (AvgIpc) is 3.01. The van der Waals surface area contributed by atoms with Crippen LogP contribution in [-0.2, 0) is 6.54 Å². The van der Waals surface area contributed by atoms with E-state index in [2.05, 4.69) is 0 Å². The maximum atomic E-state index is 12.6. The van der Waals surface area contributed by atoms with Crippen LogP contribution in [-0.4, -0.2) is 21.7 Å². The molecular weight excluding hydrogens is 290 g/mol. The monoisotopic (exact) mass is 303 g/mol. The molecule has 0 spiro atoms. The smallest absolute Gasteiger partial charge is 0.255 e. The minimum Gasteiger partial charge on any atom is -0.388 e. The van der Waals surface area contributed by atoms with Gasteiger partial charge in [-0.2, -0.15) is 0 Å². The predicted octanol–water partition coefficient (Wildman–Crippen LogP) is 3.18. The van der Waals surface area contributed by atoms with Crippen LogP contribution in [0.3, 0.4) is 0 Å². The number of thioether (sulfide) groups is 1. The Morgan fingerprint density at radius 3 is 2.95 bits per heavy atom. The number of hydrogen-bond donors (Lipinski definition) is 1. The largest absolute Gasteiger partial charge is 0.388 e. The molecule has 0 saturated carbocycles. The molecule has 20 heavy (non-hydrogen) atoms. The zero-order valence-electron chi connectivity index (χ0n) is 10.7. The highest BCUT2D eigenvalue weighted by Gasteiger charge is 2.39. The van der Waals surface area contributed by atoms with E-state index in [-0.39, 0.29) is 11.3 Å². The number of nitrogens with zero attached hydrogens (tertiary/aromatic N) is 1. The fourth-order valence-corrected chi connectivity index (χ4v) is 5.09. The Balaban J connectivity index is 1.80. The van der Waals surface area contributed by atoms with Gasteiger partial charge in [0.2, 0.25) is 0 Å². The van der Waals surface area contributed by atoms with Crippen molar-refractivity contribution in [1.29, 1.82) is 0 Å². The zero-order valence-corrected chi connectivity index (χ0v) is 12.3. The molecule has 2 aliphatic rings. The first-order valence-electron chi connectivity index (χ1n) is 6.51. The molecule has 0 aliphatic carbocycles. The molecule has 2 aliphatic heterocycles. The minimum absolute atomic E-state index is 0.0311. The highest BCUT2D eigenvalue weighted by molar-refractivity contribution is 7.99. The van der Waals surface area contributed by atoms with Crippen molar-refractivity contribution >= 4 is 29.0 Å². The summed E-state index contributed by atoms with van der Waals surface area (Å²) in [7, 11) is 0. The van der Waals surface area contributed by atoms with E-state index in [0.29, 0.717) is 12.3 Å². The van der Waals surface area contributed by atoms with Crippen LogP contribution in [0.1, 0.15) is 37.8 Å². The van der Waals surface area contributed by atoms with Gasteiger partial charge in [0.15, 0.2) is 0 Å². The molecule has 2 atom stereocenters. The van der Waals surface area contributed by atoms with E-state index >= 15 is 0 Å². The van der Waals surface area contributed by atoms with Gasteiger partial charge in [-0.15, -0.1) is 23.1 Å². The van der Waals surface area contributed by atoms with Crippen LogP contribution >= 0.6 is 23.1 Å². The van der Waals surface area contributed by atoms with Crippen LogP contribution < -0.4 is 0 Å². The highest BCUT2D eigenvalue weighted by Crippen LogP contribution is 2.46. The second-order valence-electron chi connectivity index (χ2n) is 5.02. The third-order valence-electron chi connectivity index (χ3n) is 3.87. The normalized spacial score (nSPS) is 24.6. The van der Waals surface area contributed by atoms with Crippen molar-refractivity contribution in [1.82, 2.24) is 4.90 Å². The van der Waals surface area contributed by atoms with E-state index in [1.54, 1.807) is 23.1 Å². The Bertz CT molecular complexity index is 682. The van der Waals surface area contributed by atoms with E-state index in [1.807, 2.05) is 40.6 Å². The molecule has 1 aromatic heterocycles. The standard InChI is InChI=1S/C15H13NO2S2/c17-12-8-20-15-10-4-2-1-3-9(10)14(18)16(15)7-13-11(12)5-6-19-13/h1-6,12,15,17H,7-8H2. The number of benzene rings is 1. The molecule has 0 saturated heterocycles. The third kappa shape index (κ3) is 1.74. The van der Waals surface area contributed by atoms with Crippen molar-refractivity contribution < 1.29 is 9.90 Å². The second kappa shape index (κ2) is 4.62. The summed E-state index contributed by atoms with van der Waals surface area (Å²) in [6, 6.07) is 9.78. The van der Waals surface area contributed by atoms with Crippen molar-refractivity contribution in [2.24, 2.45) is 0 Å². The van der Waals surface area contributed by atoms with Crippen LogP contribution in [0.25, 0.3) is 0 Å². The molecule has 3 heterocycles. The van der Waals surface area contributed by atoms with Gasteiger partial charge in [0.05, 0.1) is 12.6 Å². The number of amides is 1. The number of hydrogen-bond acceptors (Lipinski definition) is 4. The van der Waals surface area contributed by atoms with Gasteiger partial charge in [-0.3, -0.25) is 4.79 Å². The SMILES string of the molecule is O=C1c2ccccc2C2SCC(O)c3ccsc3CN12. The number of aliphatic hydroxyl groups is 1. The summed E-state index contributed by atoms with van der Waals surface area (Å²) >= 11 is 3.27. The lowest BCUT2D eigenvalue weighted by Crippen LogP contribution is -2.28. The van der Waals surface area contributed by atoms with E-state index in [9.17, 15) is 9.90 Å². The van der Waals surface area contributed by atoms with Crippen LogP contribution in [0.15, 0.2) is 35.7 Å². The Kier molecular flexibility index (Phi) is 2.87. The van der Waals surface area contributed by atoms with E-state index in [1.165, 1.54) is 0 Å². The molecule has 1 N–H and O–H groups in total. The lowest BCUT2D eigenvalue weighted by Gasteiger charge is -2.28. The maximum absolute atomic E-state index is 12.6. The van der Waals surface area contributed by atoms with Gasteiger partial charge in [0, 0.05) is 16.2 Å². The number of carbonyl (C=O) groups excluding carboxylic acids is 1. The number of thiophene rings is 1. The first kappa shape index (κ1) is 12.4. The van der Waals surface area contributed by atoms with Crippen LogP contribution in [0, 0.1) is 0 Å². The minimum atomic E-state index is -0.439. The first-order chi connectivity index (χ1) is 9.75. The van der Waals surface area contributed by atoms with E-state index in [0.717, 1.165) is 21.6 Å². The lowest BCUT2D eigenvalue weighted by molar-refractivity contribution is 0.0758. The molecule has 1 amide bonds. The summed E-state index contributed by atoms with van der Waals surface area (Å²) in [6.45, 7) is 0.592. The molecule has 3 nitrogen and oxygen atoms in total. The number of fused-ring (bicyclic) bond motifs is 4. The van der Waals surface area contributed by atoms with E-state index < -0.39 is 6.10 Å². The first-order valence-corrected chi connectivity index (χ1v) is 8.44. The Labute approximate surface area is 125 Å². The molecule has 4 rings (SSSR count). The zero-order chi connectivity index (χ0) is 13.7. The maximum Gasteiger partial charge on any atom is 0.255 e. The quantitative estimate of drug-likeness (QED) is 0.812. The Morgan fingerprint density at radius 2 is 2.05 bits per heavy atom. The van der Waals surface area contributed by atoms with Gasteiger partial charge in [0.25, 0.3) is 5.91 Å². The second-order valence-corrected chi connectivity index (χ2v) is 7.13. The molecule has 2 unspecified atom stereocenters. The van der Waals surface area contributed by atoms with Gasteiger partial charge < -0.3 is 10.0 Å². The summed E-state index contributed by atoms with van der Waals surface area (Å²) in [4.78, 5) is 15.6. The van der Waals surface area contributed by atoms with Crippen LogP contribution in [0.5, 0.6) is 0 Å². The Hall–Kier alpha value is -1.30. The summed E-state index contributed by atoms with van der Waals surface area (Å²) in [5.41, 5.74) is 2.86. The Morgan fingerprint density at radius 1 is 1.20 bits per heavy atom. The molecule has 0 fully saturated rings.